The van der Waals surface area contributed by atoms with Crippen molar-refractivity contribution in [3.05, 3.63) is 182 Å². The molecule has 52 heavy (non-hydrogen) atoms. The second-order valence-electron chi connectivity index (χ2n) is 12.8. The molecule has 0 bridgehead atoms. The summed E-state index contributed by atoms with van der Waals surface area (Å²) >= 11 is 0. The summed E-state index contributed by atoms with van der Waals surface area (Å²) in [6, 6.07) is 62.4. The topological polar surface area (TPSA) is 56.7 Å². The van der Waals surface area contributed by atoms with Gasteiger partial charge < -0.3 is 4.42 Å². The van der Waals surface area contributed by atoms with E-state index in [1.54, 1.807) is 0 Å². The highest BCUT2D eigenvalue weighted by molar-refractivity contribution is 6.17. The number of benzene rings is 7. The summed E-state index contributed by atoms with van der Waals surface area (Å²) in [5, 5.41) is 1.93. The van der Waals surface area contributed by atoms with Gasteiger partial charge in [-0.25, -0.2) is 15.0 Å². The SMILES string of the molecule is c1ccc(-c2ccc(-c3cc(-c4ccccc4)nc(-c4cccc5oc6cccc(-c7nc8ccccc8n7-c7ccccc7)c6c45)n3)cc2)cc1. The molecular formula is C47H30N4O. The Morgan fingerprint density at radius 1 is 0.404 bits per heavy atom. The van der Waals surface area contributed by atoms with Gasteiger partial charge in [0, 0.05) is 38.7 Å². The molecule has 5 nitrogen and oxygen atoms in total. The third-order valence-electron chi connectivity index (χ3n) is 9.66. The summed E-state index contributed by atoms with van der Waals surface area (Å²) in [5.74, 6) is 1.47. The molecule has 0 saturated carbocycles. The maximum Gasteiger partial charge on any atom is 0.161 e. The van der Waals surface area contributed by atoms with Crippen LogP contribution in [0.3, 0.4) is 0 Å². The van der Waals surface area contributed by atoms with Gasteiger partial charge in [-0.1, -0.05) is 140 Å². The van der Waals surface area contributed by atoms with Gasteiger partial charge in [0.2, 0.25) is 0 Å². The molecule has 7 aromatic carbocycles. The van der Waals surface area contributed by atoms with E-state index in [0.717, 1.165) is 83.7 Å². The van der Waals surface area contributed by atoms with Crippen LogP contribution in [-0.4, -0.2) is 19.5 Å². The summed E-state index contributed by atoms with van der Waals surface area (Å²) in [6.45, 7) is 0. The molecule has 0 aliphatic carbocycles. The van der Waals surface area contributed by atoms with Crippen LogP contribution in [0, 0.1) is 0 Å². The summed E-state index contributed by atoms with van der Waals surface area (Å²) in [7, 11) is 0. The zero-order valence-electron chi connectivity index (χ0n) is 28.0. The van der Waals surface area contributed by atoms with Crippen molar-refractivity contribution >= 4 is 33.0 Å². The molecule has 0 saturated heterocycles. The highest BCUT2D eigenvalue weighted by atomic mass is 16.3. The Morgan fingerprint density at radius 2 is 0.923 bits per heavy atom. The average Bonchev–Trinajstić information content (AvgIpc) is 3.81. The van der Waals surface area contributed by atoms with Gasteiger partial charge in [-0.2, -0.15) is 0 Å². The molecule has 0 radical (unpaired) electrons. The molecule has 0 aliphatic heterocycles. The van der Waals surface area contributed by atoms with Crippen molar-refractivity contribution in [1.29, 1.82) is 0 Å². The van der Waals surface area contributed by atoms with Gasteiger partial charge >= 0.3 is 0 Å². The molecule has 244 valence electrons. The molecule has 0 spiro atoms. The quantitative estimate of drug-likeness (QED) is 0.177. The minimum atomic E-state index is 0.628. The number of hydrogen-bond donors (Lipinski definition) is 0. The van der Waals surface area contributed by atoms with Crippen molar-refractivity contribution in [2.45, 2.75) is 0 Å². The van der Waals surface area contributed by atoms with Crippen molar-refractivity contribution in [2.24, 2.45) is 0 Å². The van der Waals surface area contributed by atoms with Crippen molar-refractivity contribution in [2.75, 3.05) is 0 Å². The fourth-order valence-electron chi connectivity index (χ4n) is 7.22. The second-order valence-corrected chi connectivity index (χ2v) is 12.8. The maximum absolute atomic E-state index is 6.59. The van der Waals surface area contributed by atoms with Crippen molar-refractivity contribution < 1.29 is 4.42 Å². The van der Waals surface area contributed by atoms with E-state index in [1.807, 2.05) is 60.7 Å². The van der Waals surface area contributed by atoms with E-state index in [0.29, 0.717) is 5.82 Å². The standard InChI is InChI=1S/C47H30N4O/c1-4-14-31(15-5-1)32-26-28-34(29-27-32)40-30-39(33-16-6-2-7-17-33)48-46(49-40)36-20-12-24-42-44(36)45-37(21-13-25-43(45)52-42)47-50-38-22-10-11-23-41(38)51(47)35-18-8-3-9-19-35/h1-30H. The number of fused-ring (bicyclic) bond motifs is 4. The number of para-hydroxylation sites is 3. The van der Waals surface area contributed by atoms with Crippen LogP contribution in [0.1, 0.15) is 0 Å². The van der Waals surface area contributed by atoms with Crippen LogP contribution in [0.4, 0.5) is 0 Å². The number of nitrogens with zero attached hydrogens (tertiary/aromatic N) is 4. The average molecular weight is 667 g/mol. The molecule has 0 aliphatic rings. The number of furan rings is 1. The lowest BCUT2D eigenvalue weighted by Gasteiger charge is -2.12. The Balaban J connectivity index is 1.21. The molecule has 0 atom stereocenters. The summed E-state index contributed by atoms with van der Waals surface area (Å²) in [4.78, 5) is 15.7. The highest BCUT2D eigenvalue weighted by Gasteiger charge is 2.23. The molecule has 0 amide bonds. The van der Waals surface area contributed by atoms with Crippen LogP contribution in [-0.2, 0) is 0 Å². The Hall–Kier alpha value is -7.11. The van der Waals surface area contributed by atoms with Crippen LogP contribution in [0.2, 0.25) is 0 Å². The third kappa shape index (κ3) is 5.07. The lowest BCUT2D eigenvalue weighted by atomic mass is 10.00. The van der Waals surface area contributed by atoms with E-state index in [2.05, 4.69) is 126 Å². The molecule has 3 heterocycles. The van der Waals surface area contributed by atoms with Gasteiger partial charge in [0.1, 0.15) is 17.0 Å². The van der Waals surface area contributed by atoms with E-state index < -0.39 is 0 Å². The smallest absolute Gasteiger partial charge is 0.161 e. The molecule has 0 fully saturated rings. The summed E-state index contributed by atoms with van der Waals surface area (Å²) in [5.41, 5.74) is 12.5. The van der Waals surface area contributed by atoms with E-state index in [1.165, 1.54) is 5.56 Å². The minimum Gasteiger partial charge on any atom is -0.456 e. The summed E-state index contributed by atoms with van der Waals surface area (Å²) in [6.07, 6.45) is 0. The van der Waals surface area contributed by atoms with Gasteiger partial charge in [-0.15, -0.1) is 0 Å². The van der Waals surface area contributed by atoms with Crippen LogP contribution >= 0.6 is 0 Å². The summed E-state index contributed by atoms with van der Waals surface area (Å²) < 4.78 is 8.82. The monoisotopic (exact) mass is 666 g/mol. The van der Waals surface area contributed by atoms with Gasteiger partial charge in [0.15, 0.2) is 5.82 Å². The first-order chi connectivity index (χ1) is 25.8. The van der Waals surface area contributed by atoms with E-state index in [4.69, 9.17) is 19.4 Å². The molecule has 10 rings (SSSR count). The lowest BCUT2D eigenvalue weighted by molar-refractivity contribution is 0.669. The van der Waals surface area contributed by atoms with Crippen molar-refractivity contribution in [3.8, 4) is 62.1 Å². The number of hydrogen-bond acceptors (Lipinski definition) is 4. The molecular weight excluding hydrogens is 637 g/mol. The fraction of sp³-hybridized carbons (Fsp3) is 0. The van der Waals surface area contributed by atoms with Crippen molar-refractivity contribution in [3.63, 3.8) is 0 Å². The first-order valence-electron chi connectivity index (χ1n) is 17.4. The van der Waals surface area contributed by atoms with Crippen LogP contribution in [0.5, 0.6) is 0 Å². The minimum absolute atomic E-state index is 0.628. The lowest BCUT2D eigenvalue weighted by Crippen LogP contribution is -1.98. The predicted molar refractivity (Wildman–Crippen MR) is 211 cm³/mol. The molecule has 10 aromatic rings. The number of aromatic nitrogens is 4. The van der Waals surface area contributed by atoms with E-state index >= 15 is 0 Å². The van der Waals surface area contributed by atoms with Gasteiger partial charge in [-0.05, 0) is 53.6 Å². The van der Waals surface area contributed by atoms with Gasteiger partial charge in [0.05, 0.1) is 22.4 Å². The predicted octanol–water partition coefficient (Wildman–Crippen LogP) is 12.0. The van der Waals surface area contributed by atoms with Crippen molar-refractivity contribution in [1.82, 2.24) is 19.5 Å². The zero-order valence-corrected chi connectivity index (χ0v) is 28.0. The normalized spacial score (nSPS) is 11.5. The Labute approximate surface area is 300 Å². The van der Waals surface area contributed by atoms with Crippen LogP contribution in [0.15, 0.2) is 186 Å². The molecule has 0 N–H and O–H groups in total. The zero-order chi connectivity index (χ0) is 34.4. The largest absolute Gasteiger partial charge is 0.456 e. The van der Waals surface area contributed by atoms with E-state index in [9.17, 15) is 0 Å². The third-order valence-corrected chi connectivity index (χ3v) is 9.66. The highest BCUT2D eigenvalue weighted by Crippen LogP contribution is 2.42. The fourth-order valence-corrected chi connectivity index (χ4v) is 7.22. The molecule has 0 unspecified atom stereocenters. The number of imidazole rings is 1. The molecule has 5 heteroatoms. The maximum atomic E-state index is 6.59. The first kappa shape index (κ1) is 29.8. The second kappa shape index (κ2) is 12.3. The van der Waals surface area contributed by atoms with Gasteiger partial charge in [0.25, 0.3) is 0 Å². The molecule has 3 aromatic heterocycles. The Kier molecular flexibility index (Phi) is 7.07. The van der Waals surface area contributed by atoms with Crippen LogP contribution < -0.4 is 0 Å². The Bertz CT molecular complexity index is 2880. The first-order valence-corrected chi connectivity index (χ1v) is 17.4. The van der Waals surface area contributed by atoms with Gasteiger partial charge in [-0.3, -0.25) is 4.57 Å². The number of rotatable bonds is 6. The van der Waals surface area contributed by atoms with Crippen LogP contribution in [0.25, 0.3) is 95.1 Å². The Morgan fingerprint density at radius 3 is 1.62 bits per heavy atom. The van der Waals surface area contributed by atoms with E-state index in [-0.39, 0.29) is 0 Å².